The van der Waals surface area contributed by atoms with Crippen LogP contribution in [0, 0.1) is 0 Å². The SMILES string of the molecule is CC(C)(C)NC(=O)c1ccc(NC(=O)CCCC(=O)O)cc1. The molecule has 0 atom stereocenters. The van der Waals surface area contributed by atoms with Gasteiger partial charge >= 0.3 is 5.97 Å². The van der Waals surface area contributed by atoms with Crippen molar-refractivity contribution in [3.05, 3.63) is 29.8 Å². The van der Waals surface area contributed by atoms with Crippen LogP contribution in [0.4, 0.5) is 5.69 Å². The van der Waals surface area contributed by atoms with E-state index >= 15 is 0 Å². The van der Waals surface area contributed by atoms with Gasteiger partial charge in [-0.2, -0.15) is 0 Å². The third-order valence-electron chi connectivity index (χ3n) is 2.71. The first kappa shape index (κ1) is 17.7. The van der Waals surface area contributed by atoms with Gasteiger partial charge in [-0.25, -0.2) is 0 Å². The van der Waals surface area contributed by atoms with E-state index in [-0.39, 0.29) is 30.2 Å². The van der Waals surface area contributed by atoms with Crippen molar-refractivity contribution in [1.82, 2.24) is 5.32 Å². The summed E-state index contributed by atoms with van der Waals surface area (Å²) >= 11 is 0. The molecule has 1 aromatic carbocycles. The number of carboxylic acids is 1. The molecule has 22 heavy (non-hydrogen) atoms. The molecule has 6 heteroatoms. The van der Waals surface area contributed by atoms with Crippen molar-refractivity contribution in [2.45, 2.75) is 45.6 Å². The zero-order chi connectivity index (χ0) is 16.8. The topological polar surface area (TPSA) is 95.5 Å². The first-order chi connectivity index (χ1) is 10.2. The van der Waals surface area contributed by atoms with Gasteiger partial charge in [0.1, 0.15) is 0 Å². The van der Waals surface area contributed by atoms with Crippen LogP contribution < -0.4 is 10.6 Å². The maximum Gasteiger partial charge on any atom is 0.303 e. The summed E-state index contributed by atoms with van der Waals surface area (Å²) in [7, 11) is 0. The van der Waals surface area contributed by atoms with Crippen molar-refractivity contribution >= 4 is 23.5 Å². The lowest BCUT2D eigenvalue weighted by Crippen LogP contribution is -2.40. The number of carboxylic acid groups (broad SMARTS) is 1. The van der Waals surface area contributed by atoms with Gasteiger partial charge in [-0.3, -0.25) is 14.4 Å². The van der Waals surface area contributed by atoms with E-state index in [9.17, 15) is 14.4 Å². The highest BCUT2D eigenvalue weighted by Crippen LogP contribution is 2.12. The number of amides is 2. The molecule has 0 aliphatic heterocycles. The Bertz CT molecular complexity index is 544. The fourth-order valence-corrected chi connectivity index (χ4v) is 1.74. The molecule has 0 bridgehead atoms. The van der Waals surface area contributed by atoms with Crippen LogP contribution in [0.1, 0.15) is 50.4 Å². The second-order valence-corrected chi connectivity index (χ2v) is 6.08. The lowest BCUT2D eigenvalue weighted by molar-refractivity contribution is -0.137. The summed E-state index contributed by atoms with van der Waals surface area (Å²) in [6.45, 7) is 5.70. The first-order valence-electron chi connectivity index (χ1n) is 7.11. The second-order valence-electron chi connectivity index (χ2n) is 6.08. The maximum atomic E-state index is 11.9. The molecule has 0 spiro atoms. The predicted molar refractivity (Wildman–Crippen MR) is 83.8 cm³/mol. The van der Waals surface area contributed by atoms with Crippen molar-refractivity contribution in [1.29, 1.82) is 0 Å². The molecule has 0 aliphatic carbocycles. The van der Waals surface area contributed by atoms with Gasteiger partial charge in [0.05, 0.1) is 0 Å². The Kier molecular flexibility index (Phi) is 6.10. The van der Waals surface area contributed by atoms with Gasteiger partial charge < -0.3 is 15.7 Å². The summed E-state index contributed by atoms with van der Waals surface area (Å²) in [4.78, 5) is 33.9. The van der Waals surface area contributed by atoms with E-state index in [1.54, 1.807) is 24.3 Å². The summed E-state index contributed by atoms with van der Waals surface area (Å²) in [6.07, 6.45) is 0.422. The Balaban J connectivity index is 2.53. The Hall–Kier alpha value is -2.37. The molecule has 0 heterocycles. The summed E-state index contributed by atoms with van der Waals surface area (Å²) in [5.41, 5.74) is 0.778. The van der Waals surface area contributed by atoms with Crippen LogP contribution in [0.15, 0.2) is 24.3 Å². The Labute approximate surface area is 129 Å². The van der Waals surface area contributed by atoms with Crippen LogP contribution in [-0.2, 0) is 9.59 Å². The van der Waals surface area contributed by atoms with Crippen LogP contribution in [-0.4, -0.2) is 28.4 Å². The minimum Gasteiger partial charge on any atom is -0.481 e. The van der Waals surface area contributed by atoms with Gasteiger partial charge in [-0.15, -0.1) is 0 Å². The van der Waals surface area contributed by atoms with Crippen LogP contribution in [0.2, 0.25) is 0 Å². The lowest BCUT2D eigenvalue weighted by Gasteiger charge is -2.20. The van der Waals surface area contributed by atoms with E-state index in [0.29, 0.717) is 17.7 Å². The van der Waals surface area contributed by atoms with E-state index in [1.807, 2.05) is 20.8 Å². The number of carbonyl (C=O) groups is 3. The molecule has 0 saturated heterocycles. The molecule has 0 fully saturated rings. The smallest absolute Gasteiger partial charge is 0.303 e. The number of carbonyl (C=O) groups excluding carboxylic acids is 2. The monoisotopic (exact) mass is 306 g/mol. The normalized spacial score (nSPS) is 10.9. The molecule has 0 aliphatic rings. The highest BCUT2D eigenvalue weighted by Gasteiger charge is 2.15. The average Bonchev–Trinajstić information content (AvgIpc) is 2.37. The van der Waals surface area contributed by atoms with E-state index in [2.05, 4.69) is 10.6 Å². The van der Waals surface area contributed by atoms with Crippen molar-refractivity contribution in [2.24, 2.45) is 0 Å². The summed E-state index contributed by atoms with van der Waals surface area (Å²) < 4.78 is 0. The van der Waals surface area contributed by atoms with Gasteiger partial charge in [-0.05, 0) is 51.5 Å². The van der Waals surface area contributed by atoms with E-state index in [0.717, 1.165) is 0 Å². The number of benzene rings is 1. The lowest BCUT2D eigenvalue weighted by atomic mass is 10.1. The van der Waals surface area contributed by atoms with Crippen molar-refractivity contribution < 1.29 is 19.5 Å². The highest BCUT2D eigenvalue weighted by molar-refractivity contribution is 5.96. The van der Waals surface area contributed by atoms with E-state index < -0.39 is 5.97 Å². The third-order valence-corrected chi connectivity index (χ3v) is 2.71. The van der Waals surface area contributed by atoms with Crippen LogP contribution in [0.25, 0.3) is 0 Å². The van der Waals surface area contributed by atoms with Gasteiger partial charge in [-0.1, -0.05) is 0 Å². The molecule has 0 saturated carbocycles. The number of rotatable bonds is 6. The van der Waals surface area contributed by atoms with Gasteiger partial charge in [0, 0.05) is 29.6 Å². The standard InChI is InChI=1S/C16H22N2O4/c1-16(2,3)18-15(22)11-7-9-12(10-8-11)17-13(19)5-4-6-14(20)21/h7-10H,4-6H2,1-3H3,(H,17,19)(H,18,22)(H,20,21). The summed E-state index contributed by atoms with van der Waals surface area (Å²) in [5.74, 6) is -1.33. The minimum absolute atomic E-state index is 0.0284. The molecule has 1 rings (SSSR count). The minimum atomic E-state index is -0.915. The average molecular weight is 306 g/mol. The molecular formula is C16H22N2O4. The zero-order valence-corrected chi connectivity index (χ0v) is 13.1. The van der Waals surface area contributed by atoms with E-state index in [1.165, 1.54) is 0 Å². The molecule has 1 aromatic rings. The number of anilines is 1. The fraction of sp³-hybridized carbons (Fsp3) is 0.438. The Morgan fingerprint density at radius 3 is 2.14 bits per heavy atom. The van der Waals surface area contributed by atoms with Crippen molar-refractivity contribution in [2.75, 3.05) is 5.32 Å². The van der Waals surface area contributed by atoms with Crippen molar-refractivity contribution in [3.8, 4) is 0 Å². The predicted octanol–water partition coefficient (Wildman–Crippen LogP) is 2.41. The molecule has 2 amide bonds. The molecule has 0 unspecified atom stereocenters. The van der Waals surface area contributed by atoms with Crippen LogP contribution >= 0.6 is 0 Å². The van der Waals surface area contributed by atoms with Crippen LogP contribution in [0.5, 0.6) is 0 Å². The molecule has 0 radical (unpaired) electrons. The van der Waals surface area contributed by atoms with Crippen LogP contribution in [0.3, 0.4) is 0 Å². The fourth-order valence-electron chi connectivity index (χ4n) is 1.74. The zero-order valence-electron chi connectivity index (χ0n) is 13.1. The first-order valence-corrected chi connectivity index (χ1v) is 7.11. The van der Waals surface area contributed by atoms with E-state index in [4.69, 9.17) is 5.11 Å². The molecule has 3 N–H and O–H groups in total. The van der Waals surface area contributed by atoms with Gasteiger partial charge in [0.25, 0.3) is 5.91 Å². The summed E-state index contributed by atoms with van der Waals surface area (Å²) in [5, 5.41) is 14.0. The largest absolute Gasteiger partial charge is 0.481 e. The van der Waals surface area contributed by atoms with Gasteiger partial charge in [0.2, 0.25) is 5.91 Å². The van der Waals surface area contributed by atoms with Crippen molar-refractivity contribution in [3.63, 3.8) is 0 Å². The molecule has 120 valence electrons. The number of hydrogen-bond acceptors (Lipinski definition) is 3. The highest BCUT2D eigenvalue weighted by atomic mass is 16.4. The second kappa shape index (κ2) is 7.59. The molecule has 6 nitrogen and oxygen atoms in total. The number of nitrogens with one attached hydrogen (secondary N) is 2. The summed E-state index contributed by atoms with van der Waals surface area (Å²) in [6, 6.07) is 6.56. The molecule has 0 aromatic heterocycles. The number of hydrogen-bond donors (Lipinski definition) is 3. The Morgan fingerprint density at radius 1 is 1.05 bits per heavy atom. The Morgan fingerprint density at radius 2 is 1.64 bits per heavy atom. The molecular weight excluding hydrogens is 284 g/mol. The quantitative estimate of drug-likeness (QED) is 0.752. The maximum absolute atomic E-state index is 11.9. The third kappa shape index (κ3) is 6.88. The van der Waals surface area contributed by atoms with Gasteiger partial charge in [0.15, 0.2) is 0 Å². The number of aliphatic carboxylic acids is 1.